The van der Waals surface area contributed by atoms with Crippen molar-refractivity contribution < 1.29 is 0 Å². The fraction of sp³-hybridized carbons (Fsp3) is 0.353. The minimum Gasteiger partial charge on any atom is -0.314 e. The van der Waals surface area contributed by atoms with Gasteiger partial charge >= 0.3 is 0 Å². The third kappa shape index (κ3) is 5.31. The maximum atomic E-state index is 6.26. The standard InChI is InChI=1S/C17H20Cl2N2/c1-2-21-16(5-3-13-7-9-20-10-8-13)12-14-11-15(18)4-6-17(14)19/h4,6-11,16,21H,2-3,5,12H2,1H3. The van der Waals surface area contributed by atoms with E-state index in [9.17, 15) is 0 Å². The number of aryl methyl sites for hydroxylation is 1. The van der Waals surface area contributed by atoms with Gasteiger partial charge in [0, 0.05) is 28.5 Å². The van der Waals surface area contributed by atoms with E-state index in [-0.39, 0.29) is 0 Å². The van der Waals surface area contributed by atoms with Crippen molar-refractivity contribution in [2.45, 2.75) is 32.2 Å². The number of pyridine rings is 1. The summed E-state index contributed by atoms with van der Waals surface area (Å²) in [4.78, 5) is 4.05. The summed E-state index contributed by atoms with van der Waals surface area (Å²) in [6.45, 7) is 3.07. The molecule has 1 heterocycles. The highest BCUT2D eigenvalue weighted by molar-refractivity contribution is 6.33. The van der Waals surface area contributed by atoms with Crippen molar-refractivity contribution in [1.82, 2.24) is 10.3 Å². The quantitative estimate of drug-likeness (QED) is 0.809. The Bertz CT molecular complexity index is 558. The van der Waals surface area contributed by atoms with Crippen LogP contribution in [0.4, 0.5) is 0 Å². The van der Waals surface area contributed by atoms with Crippen molar-refractivity contribution in [2.75, 3.05) is 6.54 Å². The molecule has 0 aliphatic carbocycles. The van der Waals surface area contributed by atoms with Crippen molar-refractivity contribution in [3.8, 4) is 0 Å². The molecule has 2 nitrogen and oxygen atoms in total. The Kier molecular flexibility index (Phi) is 6.50. The molecular weight excluding hydrogens is 303 g/mol. The summed E-state index contributed by atoms with van der Waals surface area (Å²) in [5.41, 5.74) is 2.41. The van der Waals surface area contributed by atoms with E-state index in [1.807, 2.05) is 30.6 Å². The maximum absolute atomic E-state index is 6.26. The minimum atomic E-state index is 0.388. The molecule has 0 saturated carbocycles. The normalized spacial score (nSPS) is 12.3. The molecular formula is C17H20Cl2N2. The Hall–Kier alpha value is -1.09. The second kappa shape index (κ2) is 8.38. The fourth-order valence-electron chi connectivity index (χ4n) is 2.42. The van der Waals surface area contributed by atoms with E-state index in [1.165, 1.54) is 5.56 Å². The zero-order chi connectivity index (χ0) is 15.1. The van der Waals surface area contributed by atoms with Gasteiger partial charge in [0.15, 0.2) is 0 Å². The van der Waals surface area contributed by atoms with Crippen LogP contribution in [0.1, 0.15) is 24.5 Å². The lowest BCUT2D eigenvalue weighted by atomic mass is 9.99. The van der Waals surface area contributed by atoms with Gasteiger partial charge in [-0.1, -0.05) is 30.1 Å². The number of aromatic nitrogens is 1. The number of nitrogens with one attached hydrogen (secondary N) is 1. The summed E-state index contributed by atoms with van der Waals surface area (Å²) in [5.74, 6) is 0. The average Bonchev–Trinajstić information content (AvgIpc) is 2.50. The molecule has 0 saturated heterocycles. The smallest absolute Gasteiger partial charge is 0.0439 e. The first kappa shape index (κ1) is 16.3. The van der Waals surface area contributed by atoms with Crippen LogP contribution in [0.5, 0.6) is 0 Å². The van der Waals surface area contributed by atoms with Crippen LogP contribution in [-0.2, 0) is 12.8 Å². The second-order valence-corrected chi connectivity index (χ2v) is 5.93. The summed E-state index contributed by atoms with van der Waals surface area (Å²) < 4.78 is 0. The highest BCUT2D eigenvalue weighted by atomic mass is 35.5. The Labute approximate surface area is 136 Å². The van der Waals surface area contributed by atoms with E-state index < -0.39 is 0 Å². The monoisotopic (exact) mass is 322 g/mol. The van der Waals surface area contributed by atoms with Crippen molar-refractivity contribution in [1.29, 1.82) is 0 Å². The molecule has 1 unspecified atom stereocenters. The molecule has 1 aromatic heterocycles. The van der Waals surface area contributed by atoms with Crippen LogP contribution in [0.25, 0.3) is 0 Å². The van der Waals surface area contributed by atoms with Crippen LogP contribution in [-0.4, -0.2) is 17.6 Å². The molecule has 0 radical (unpaired) electrons. The van der Waals surface area contributed by atoms with E-state index >= 15 is 0 Å². The molecule has 0 aliphatic heterocycles. The van der Waals surface area contributed by atoms with Crippen molar-refractivity contribution in [2.24, 2.45) is 0 Å². The number of likely N-dealkylation sites (N-methyl/N-ethyl adjacent to an activating group) is 1. The lowest BCUT2D eigenvalue weighted by Gasteiger charge is -2.19. The Morgan fingerprint density at radius 1 is 1.14 bits per heavy atom. The van der Waals surface area contributed by atoms with Gasteiger partial charge < -0.3 is 5.32 Å². The van der Waals surface area contributed by atoms with Gasteiger partial charge in [0.1, 0.15) is 0 Å². The van der Waals surface area contributed by atoms with Gasteiger partial charge in [-0.3, -0.25) is 4.98 Å². The van der Waals surface area contributed by atoms with Crippen LogP contribution in [0, 0.1) is 0 Å². The molecule has 2 rings (SSSR count). The topological polar surface area (TPSA) is 24.9 Å². The molecule has 0 fully saturated rings. The van der Waals surface area contributed by atoms with E-state index in [0.29, 0.717) is 6.04 Å². The SMILES string of the molecule is CCNC(CCc1ccncc1)Cc1cc(Cl)ccc1Cl. The molecule has 2 aromatic rings. The molecule has 0 spiro atoms. The summed E-state index contributed by atoms with van der Waals surface area (Å²) in [7, 11) is 0. The van der Waals surface area contributed by atoms with Crippen LogP contribution < -0.4 is 5.32 Å². The van der Waals surface area contributed by atoms with Crippen LogP contribution >= 0.6 is 23.2 Å². The van der Waals surface area contributed by atoms with Gasteiger partial charge in [-0.25, -0.2) is 0 Å². The number of halogens is 2. The van der Waals surface area contributed by atoms with Crippen molar-refractivity contribution in [3.05, 3.63) is 63.9 Å². The summed E-state index contributed by atoms with van der Waals surface area (Å²) >= 11 is 12.3. The van der Waals surface area contributed by atoms with Gasteiger partial charge in [0.05, 0.1) is 0 Å². The van der Waals surface area contributed by atoms with Gasteiger partial charge in [-0.15, -0.1) is 0 Å². The number of hydrogen-bond acceptors (Lipinski definition) is 2. The van der Waals surface area contributed by atoms with E-state index in [0.717, 1.165) is 41.4 Å². The highest BCUT2D eigenvalue weighted by Gasteiger charge is 2.11. The fourth-order valence-corrected chi connectivity index (χ4v) is 2.81. The molecule has 0 amide bonds. The highest BCUT2D eigenvalue weighted by Crippen LogP contribution is 2.22. The van der Waals surface area contributed by atoms with E-state index in [1.54, 1.807) is 0 Å². The third-order valence-corrected chi connectivity index (χ3v) is 4.10. The van der Waals surface area contributed by atoms with Gasteiger partial charge in [-0.2, -0.15) is 0 Å². The van der Waals surface area contributed by atoms with Gasteiger partial charge in [-0.05, 0) is 67.3 Å². The lowest BCUT2D eigenvalue weighted by molar-refractivity contribution is 0.491. The lowest BCUT2D eigenvalue weighted by Crippen LogP contribution is -2.31. The minimum absolute atomic E-state index is 0.388. The second-order valence-electron chi connectivity index (χ2n) is 5.09. The molecule has 0 aliphatic rings. The van der Waals surface area contributed by atoms with E-state index in [4.69, 9.17) is 23.2 Å². The molecule has 21 heavy (non-hydrogen) atoms. The first-order chi connectivity index (χ1) is 10.2. The number of benzene rings is 1. The molecule has 0 bridgehead atoms. The molecule has 1 atom stereocenters. The molecule has 4 heteroatoms. The average molecular weight is 323 g/mol. The van der Waals surface area contributed by atoms with Crippen LogP contribution in [0.15, 0.2) is 42.7 Å². The van der Waals surface area contributed by atoms with Gasteiger partial charge in [0.25, 0.3) is 0 Å². The summed E-state index contributed by atoms with van der Waals surface area (Å²) in [5, 5.41) is 5.05. The molecule has 1 aromatic carbocycles. The first-order valence-electron chi connectivity index (χ1n) is 7.25. The predicted molar refractivity (Wildman–Crippen MR) is 90.2 cm³/mol. The molecule has 1 N–H and O–H groups in total. The van der Waals surface area contributed by atoms with Crippen molar-refractivity contribution >= 4 is 23.2 Å². The molecule has 112 valence electrons. The Morgan fingerprint density at radius 3 is 2.62 bits per heavy atom. The Morgan fingerprint density at radius 2 is 1.90 bits per heavy atom. The largest absolute Gasteiger partial charge is 0.314 e. The maximum Gasteiger partial charge on any atom is 0.0439 e. The predicted octanol–water partition coefficient (Wildman–Crippen LogP) is 4.54. The van der Waals surface area contributed by atoms with Crippen molar-refractivity contribution in [3.63, 3.8) is 0 Å². The first-order valence-corrected chi connectivity index (χ1v) is 8.01. The zero-order valence-corrected chi connectivity index (χ0v) is 13.7. The van der Waals surface area contributed by atoms with E-state index in [2.05, 4.69) is 29.4 Å². The van der Waals surface area contributed by atoms with Gasteiger partial charge in [0.2, 0.25) is 0 Å². The summed E-state index contributed by atoms with van der Waals surface area (Å²) in [6, 6.07) is 10.2. The van der Waals surface area contributed by atoms with Crippen LogP contribution in [0.3, 0.4) is 0 Å². The number of hydrogen-bond donors (Lipinski definition) is 1. The number of rotatable bonds is 7. The number of nitrogens with zero attached hydrogens (tertiary/aromatic N) is 1. The van der Waals surface area contributed by atoms with Crippen LogP contribution in [0.2, 0.25) is 10.0 Å². The summed E-state index contributed by atoms with van der Waals surface area (Å²) in [6.07, 6.45) is 6.65. The third-order valence-electron chi connectivity index (χ3n) is 3.50. The Balaban J connectivity index is 2.00. The zero-order valence-electron chi connectivity index (χ0n) is 12.2.